The molecule has 1 aromatic heterocycles. The molecule has 1 heterocycles. The first-order valence-corrected chi connectivity index (χ1v) is 5.82. The second-order valence-electron chi connectivity index (χ2n) is 3.58. The number of amides is 1. The molecule has 0 bridgehead atoms. The summed E-state index contributed by atoms with van der Waals surface area (Å²) in [5.74, 6) is 0.147. The number of rotatable bonds is 5. The van der Waals surface area contributed by atoms with E-state index in [1.54, 1.807) is 36.5 Å². The topological polar surface area (TPSA) is 45.2 Å². The summed E-state index contributed by atoms with van der Waals surface area (Å²) < 4.78 is 0. The van der Waals surface area contributed by atoms with Gasteiger partial charge < -0.3 is 10.2 Å². The summed E-state index contributed by atoms with van der Waals surface area (Å²) in [5.41, 5.74) is 0. The molecule has 1 unspecified atom stereocenters. The number of hydrogen-bond acceptors (Lipinski definition) is 4. The maximum absolute atomic E-state index is 11.3. The zero-order valence-corrected chi connectivity index (χ0v) is 10.2. The molecule has 5 heteroatoms. The van der Waals surface area contributed by atoms with Gasteiger partial charge in [0.25, 0.3) is 0 Å². The molecule has 0 spiro atoms. The molecule has 1 atom stereocenters. The number of nitrogens with one attached hydrogen (secondary N) is 1. The summed E-state index contributed by atoms with van der Waals surface area (Å²) in [4.78, 5) is 17.1. The third kappa shape index (κ3) is 3.97. The zero-order chi connectivity index (χ0) is 11.3. The quantitative estimate of drug-likeness (QED) is 0.824. The van der Waals surface area contributed by atoms with Gasteiger partial charge in [0.05, 0.1) is 6.04 Å². The van der Waals surface area contributed by atoms with E-state index in [1.165, 1.54) is 0 Å². The highest BCUT2D eigenvalue weighted by molar-refractivity contribution is 7.09. The number of aromatic nitrogens is 1. The Morgan fingerprint density at radius 3 is 2.93 bits per heavy atom. The lowest BCUT2D eigenvalue weighted by molar-refractivity contribution is -0.128. The monoisotopic (exact) mass is 227 g/mol. The lowest BCUT2D eigenvalue weighted by Crippen LogP contribution is -2.28. The Morgan fingerprint density at radius 1 is 1.67 bits per heavy atom. The van der Waals surface area contributed by atoms with E-state index in [2.05, 4.69) is 17.2 Å². The highest BCUT2D eigenvalue weighted by Crippen LogP contribution is 2.14. The molecule has 1 N–H and O–H groups in total. The number of carbonyl (C=O) groups excluding carboxylic acids is 1. The fraction of sp³-hybridized carbons (Fsp3) is 0.600. The lowest BCUT2D eigenvalue weighted by Gasteiger charge is -2.13. The molecule has 0 saturated carbocycles. The largest absolute Gasteiger partial charge is 0.349 e. The third-order valence-electron chi connectivity index (χ3n) is 2.11. The van der Waals surface area contributed by atoms with E-state index < -0.39 is 0 Å². The minimum atomic E-state index is 0.147. The molecule has 0 fully saturated rings. The summed E-state index contributed by atoms with van der Waals surface area (Å²) in [7, 11) is 3.54. The zero-order valence-electron chi connectivity index (χ0n) is 9.36. The molecule has 4 nitrogen and oxygen atoms in total. The van der Waals surface area contributed by atoms with Gasteiger partial charge in [-0.05, 0) is 6.92 Å². The second-order valence-corrected chi connectivity index (χ2v) is 4.51. The van der Waals surface area contributed by atoms with Crippen molar-refractivity contribution in [3.8, 4) is 0 Å². The van der Waals surface area contributed by atoms with Crippen molar-refractivity contribution in [2.45, 2.75) is 19.4 Å². The third-order valence-corrected chi connectivity index (χ3v) is 3.07. The van der Waals surface area contributed by atoms with Crippen LogP contribution < -0.4 is 5.32 Å². The molecular weight excluding hydrogens is 210 g/mol. The van der Waals surface area contributed by atoms with Crippen LogP contribution in [0.3, 0.4) is 0 Å². The van der Waals surface area contributed by atoms with Crippen LogP contribution in [0.2, 0.25) is 0 Å². The van der Waals surface area contributed by atoms with Gasteiger partial charge in [-0.2, -0.15) is 0 Å². The predicted octanol–water partition coefficient (Wildman–Crippen LogP) is 1.27. The molecule has 15 heavy (non-hydrogen) atoms. The van der Waals surface area contributed by atoms with Crippen molar-refractivity contribution in [2.75, 3.05) is 20.6 Å². The number of carbonyl (C=O) groups is 1. The normalized spacial score (nSPS) is 12.5. The van der Waals surface area contributed by atoms with E-state index in [9.17, 15) is 4.79 Å². The van der Waals surface area contributed by atoms with Crippen LogP contribution in [0.15, 0.2) is 11.6 Å². The summed E-state index contributed by atoms with van der Waals surface area (Å²) in [5, 5.41) is 6.29. The van der Waals surface area contributed by atoms with Crippen LogP contribution >= 0.6 is 11.3 Å². The highest BCUT2D eigenvalue weighted by atomic mass is 32.1. The SMILES string of the molecule is CC(NCCC(=O)N(C)C)c1nccs1. The average molecular weight is 227 g/mol. The molecular formula is C10H17N3OS. The van der Waals surface area contributed by atoms with Gasteiger partial charge in [-0.1, -0.05) is 0 Å². The van der Waals surface area contributed by atoms with Crippen molar-refractivity contribution in [1.29, 1.82) is 0 Å². The van der Waals surface area contributed by atoms with Gasteiger partial charge in [0.1, 0.15) is 5.01 Å². The van der Waals surface area contributed by atoms with Gasteiger partial charge >= 0.3 is 0 Å². The average Bonchev–Trinajstić information content (AvgIpc) is 2.70. The lowest BCUT2D eigenvalue weighted by atomic mass is 10.3. The smallest absolute Gasteiger partial charge is 0.223 e. The number of hydrogen-bond donors (Lipinski definition) is 1. The van der Waals surface area contributed by atoms with Crippen molar-refractivity contribution in [3.63, 3.8) is 0 Å². The molecule has 0 aromatic carbocycles. The van der Waals surface area contributed by atoms with E-state index in [0.29, 0.717) is 13.0 Å². The number of thiazole rings is 1. The van der Waals surface area contributed by atoms with Crippen LogP contribution in [0, 0.1) is 0 Å². The van der Waals surface area contributed by atoms with Crippen LogP contribution in [-0.4, -0.2) is 36.4 Å². The van der Waals surface area contributed by atoms with Crippen LogP contribution in [-0.2, 0) is 4.79 Å². The Kier molecular flexibility index (Phi) is 4.71. The molecule has 1 amide bonds. The molecule has 1 rings (SSSR count). The van der Waals surface area contributed by atoms with Crippen molar-refractivity contribution in [3.05, 3.63) is 16.6 Å². The summed E-state index contributed by atoms with van der Waals surface area (Å²) >= 11 is 1.63. The molecule has 0 aliphatic rings. The summed E-state index contributed by atoms with van der Waals surface area (Å²) in [6.07, 6.45) is 2.33. The minimum absolute atomic E-state index is 0.147. The fourth-order valence-electron chi connectivity index (χ4n) is 1.15. The first kappa shape index (κ1) is 12.1. The van der Waals surface area contributed by atoms with E-state index in [4.69, 9.17) is 0 Å². The molecule has 1 aromatic rings. The number of nitrogens with zero attached hydrogens (tertiary/aromatic N) is 2. The van der Waals surface area contributed by atoms with E-state index in [1.807, 2.05) is 5.38 Å². The maximum atomic E-state index is 11.3. The Balaban J connectivity index is 2.24. The van der Waals surface area contributed by atoms with Crippen molar-refractivity contribution in [2.24, 2.45) is 0 Å². The molecule has 0 aliphatic carbocycles. The van der Waals surface area contributed by atoms with E-state index in [0.717, 1.165) is 5.01 Å². The summed E-state index contributed by atoms with van der Waals surface area (Å²) in [6.45, 7) is 2.75. The van der Waals surface area contributed by atoms with Gasteiger partial charge in [0, 0.05) is 38.6 Å². The van der Waals surface area contributed by atoms with E-state index >= 15 is 0 Å². The van der Waals surface area contributed by atoms with Crippen molar-refractivity contribution >= 4 is 17.2 Å². The Bertz CT molecular complexity index is 298. The summed E-state index contributed by atoms with van der Waals surface area (Å²) in [6, 6.07) is 0.222. The van der Waals surface area contributed by atoms with Gasteiger partial charge in [-0.25, -0.2) is 4.98 Å². The minimum Gasteiger partial charge on any atom is -0.349 e. The molecule has 84 valence electrons. The highest BCUT2D eigenvalue weighted by Gasteiger charge is 2.08. The predicted molar refractivity (Wildman–Crippen MR) is 61.8 cm³/mol. The second kappa shape index (κ2) is 5.82. The Labute approximate surface area is 94.3 Å². The van der Waals surface area contributed by atoms with Gasteiger partial charge in [-0.3, -0.25) is 4.79 Å². The van der Waals surface area contributed by atoms with E-state index in [-0.39, 0.29) is 11.9 Å². The standard InChI is InChI=1S/C10H17N3OS/c1-8(10-12-6-7-15-10)11-5-4-9(14)13(2)3/h6-8,11H,4-5H2,1-3H3. The van der Waals surface area contributed by atoms with Crippen LogP contribution in [0.25, 0.3) is 0 Å². The Morgan fingerprint density at radius 2 is 2.40 bits per heavy atom. The maximum Gasteiger partial charge on any atom is 0.223 e. The van der Waals surface area contributed by atoms with Crippen molar-refractivity contribution in [1.82, 2.24) is 15.2 Å². The fourth-order valence-corrected chi connectivity index (χ4v) is 1.83. The van der Waals surface area contributed by atoms with Crippen molar-refractivity contribution < 1.29 is 4.79 Å². The first-order valence-electron chi connectivity index (χ1n) is 4.94. The molecule has 0 saturated heterocycles. The molecule has 0 radical (unpaired) electrons. The van der Waals surface area contributed by atoms with Crippen LogP contribution in [0.1, 0.15) is 24.4 Å². The molecule has 0 aliphatic heterocycles. The first-order chi connectivity index (χ1) is 7.11. The van der Waals surface area contributed by atoms with Crippen LogP contribution in [0.4, 0.5) is 0 Å². The van der Waals surface area contributed by atoms with Crippen LogP contribution in [0.5, 0.6) is 0 Å². The van der Waals surface area contributed by atoms with Gasteiger partial charge in [-0.15, -0.1) is 11.3 Å². The van der Waals surface area contributed by atoms with Gasteiger partial charge in [0.15, 0.2) is 0 Å². The Hall–Kier alpha value is -0.940. The van der Waals surface area contributed by atoms with Gasteiger partial charge in [0.2, 0.25) is 5.91 Å².